The molecule has 0 radical (unpaired) electrons. The van der Waals surface area contributed by atoms with Crippen LogP contribution in [0.4, 0.5) is 0 Å². The van der Waals surface area contributed by atoms with Crippen LogP contribution in [-0.2, 0) is 10.8 Å². The first-order chi connectivity index (χ1) is 8.01. The molecular weight excluding hydrogens is 230 g/mol. The standard InChI is InChI=1S/C14H29NOS/c1-6-12-7-8-13(15-5)14(9-12)17(16)11(4)10(2)3/h10-15H,6-9H2,1-5H3. The highest BCUT2D eigenvalue weighted by molar-refractivity contribution is 7.86. The normalized spacial score (nSPS) is 33.6. The van der Waals surface area contributed by atoms with Crippen molar-refractivity contribution in [3.63, 3.8) is 0 Å². The van der Waals surface area contributed by atoms with Crippen LogP contribution in [-0.4, -0.2) is 27.8 Å². The SMILES string of the molecule is CCC1CCC(NC)C(S(=O)C(C)C(C)C)C1. The highest BCUT2D eigenvalue weighted by Gasteiger charge is 2.35. The Kier molecular flexibility index (Phi) is 6.14. The highest BCUT2D eigenvalue weighted by Crippen LogP contribution is 2.31. The molecular formula is C14H29NOS. The molecule has 0 aliphatic heterocycles. The van der Waals surface area contributed by atoms with E-state index < -0.39 is 10.8 Å². The summed E-state index contributed by atoms with van der Waals surface area (Å²) in [6, 6.07) is 0.458. The molecule has 0 bridgehead atoms. The van der Waals surface area contributed by atoms with E-state index in [2.05, 4.69) is 33.0 Å². The second-order valence-electron chi connectivity index (χ2n) is 5.80. The van der Waals surface area contributed by atoms with E-state index in [0.717, 1.165) is 12.3 Å². The maximum absolute atomic E-state index is 12.6. The summed E-state index contributed by atoms with van der Waals surface area (Å²) >= 11 is 0. The average molecular weight is 259 g/mol. The fraction of sp³-hybridized carbons (Fsp3) is 1.00. The van der Waals surface area contributed by atoms with Crippen LogP contribution in [0, 0.1) is 11.8 Å². The van der Waals surface area contributed by atoms with Gasteiger partial charge in [0.15, 0.2) is 0 Å². The van der Waals surface area contributed by atoms with Gasteiger partial charge < -0.3 is 5.32 Å². The van der Waals surface area contributed by atoms with Crippen LogP contribution in [0.1, 0.15) is 53.4 Å². The van der Waals surface area contributed by atoms with Gasteiger partial charge in [-0.2, -0.15) is 0 Å². The maximum Gasteiger partial charge on any atom is 0.0506 e. The molecule has 17 heavy (non-hydrogen) atoms. The largest absolute Gasteiger partial charge is 0.316 e. The van der Waals surface area contributed by atoms with E-state index >= 15 is 0 Å². The van der Waals surface area contributed by atoms with Crippen LogP contribution in [0.5, 0.6) is 0 Å². The molecule has 1 aliphatic rings. The van der Waals surface area contributed by atoms with Crippen molar-refractivity contribution in [2.75, 3.05) is 7.05 Å². The lowest BCUT2D eigenvalue weighted by atomic mass is 9.84. The number of rotatable bonds is 5. The van der Waals surface area contributed by atoms with Crippen LogP contribution < -0.4 is 5.32 Å². The molecule has 102 valence electrons. The molecule has 0 aromatic carbocycles. The van der Waals surface area contributed by atoms with E-state index in [0.29, 0.717) is 22.5 Å². The van der Waals surface area contributed by atoms with Gasteiger partial charge in [0.25, 0.3) is 0 Å². The van der Waals surface area contributed by atoms with Crippen molar-refractivity contribution in [1.29, 1.82) is 0 Å². The lowest BCUT2D eigenvalue weighted by Crippen LogP contribution is -2.47. The Bertz CT molecular complexity index is 255. The smallest absolute Gasteiger partial charge is 0.0506 e. The third kappa shape index (κ3) is 3.78. The lowest BCUT2D eigenvalue weighted by Gasteiger charge is -2.37. The van der Waals surface area contributed by atoms with Crippen molar-refractivity contribution < 1.29 is 4.21 Å². The van der Waals surface area contributed by atoms with Crippen molar-refractivity contribution in [2.45, 2.75) is 69.9 Å². The third-order valence-corrected chi connectivity index (χ3v) is 6.85. The summed E-state index contributed by atoms with van der Waals surface area (Å²) in [5.74, 6) is 1.29. The van der Waals surface area contributed by atoms with Crippen LogP contribution in [0.15, 0.2) is 0 Å². The summed E-state index contributed by atoms with van der Waals surface area (Å²) in [6.45, 7) is 8.76. The fourth-order valence-corrected chi connectivity index (χ4v) is 4.86. The minimum Gasteiger partial charge on any atom is -0.316 e. The Morgan fingerprint density at radius 3 is 2.41 bits per heavy atom. The highest BCUT2D eigenvalue weighted by atomic mass is 32.2. The molecule has 0 aromatic heterocycles. The Morgan fingerprint density at radius 2 is 1.94 bits per heavy atom. The van der Waals surface area contributed by atoms with Gasteiger partial charge in [-0.25, -0.2) is 0 Å². The van der Waals surface area contributed by atoms with Gasteiger partial charge in [-0.3, -0.25) is 4.21 Å². The predicted molar refractivity (Wildman–Crippen MR) is 76.7 cm³/mol. The first-order valence-electron chi connectivity index (χ1n) is 7.07. The summed E-state index contributed by atoms with van der Waals surface area (Å²) in [6.07, 6.45) is 4.87. The lowest BCUT2D eigenvalue weighted by molar-refractivity contribution is 0.299. The zero-order valence-electron chi connectivity index (χ0n) is 12.0. The van der Waals surface area contributed by atoms with Crippen LogP contribution in [0.25, 0.3) is 0 Å². The zero-order valence-corrected chi connectivity index (χ0v) is 12.8. The Hall–Kier alpha value is 0.110. The molecule has 1 fully saturated rings. The molecule has 1 saturated carbocycles. The van der Waals surface area contributed by atoms with E-state index in [9.17, 15) is 4.21 Å². The van der Waals surface area contributed by atoms with Crippen molar-refractivity contribution in [1.82, 2.24) is 5.32 Å². The quantitative estimate of drug-likeness (QED) is 0.822. The van der Waals surface area contributed by atoms with Crippen molar-refractivity contribution in [3.8, 4) is 0 Å². The van der Waals surface area contributed by atoms with Gasteiger partial charge in [-0.1, -0.05) is 34.1 Å². The fourth-order valence-electron chi connectivity index (χ4n) is 2.71. The minimum absolute atomic E-state index is 0.312. The van der Waals surface area contributed by atoms with E-state index in [-0.39, 0.29) is 0 Å². The third-order valence-electron chi connectivity index (χ3n) is 4.45. The summed E-state index contributed by atoms with van der Waals surface area (Å²) in [7, 11) is 1.32. The average Bonchev–Trinajstić information content (AvgIpc) is 2.35. The second kappa shape index (κ2) is 6.89. The van der Waals surface area contributed by atoms with Crippen molar-refractivity contribution in [2.24, 2.45) is 11.8 Å². The number of hydrogen-bond donors (Lipinski definition) is 1. The first-order valence-corrected chi connectivity index (χ1v) is 8.35. The van der Waals surface area contributed by atoms with Gasteiger partial charge in [0.2, 0.25) is 0 Å². The van der Waals surface area contributed by atoms with E-state index in [1.165, 1.54) is 19.3 Å². The van der Waals surface area contributed by atoms with Crippen LogP contribution >= 0.6 is 0 Å². The monoisotopic (exact) mass is 259 g/mol. The van der Waals surface area contributed by atoms with Crippen molar-refractivity contribution in [3.05, 3.63) is 0 Å². The van der Waals surface area contributed by atoms with Gasteiger partial charge in [0, 0.05) is 22.1 Å². The Labute approximate surface area is 109 Å². The molecule has 0 heterocycles. The molecule has 1 N–H and O–H groups in total. The molecule has 1 rings (SSSR count). The molecule has 0 saturated heterocycles. The molecule has 2 nitrogen and oxygen atoms in total. The van der Waals surface area contributed by atoms with E-state index in [1.54, 1.807) is 0 Å². The van der Waals surface area contributed by atoms with Gasteiger partial charge in [0.05, 0.1) is 5.25 Å². The summed E-state index contributed by atoms with van der Waals surface area (Å²) in [5.41, 5.74) is 0. The van der Waals surface area contributed by atoms with E-state index in [1.807, 2.05) is 7.05 Å². The molecule has 1 aliphatic carbocycles. The van der Waals surface area contributed by atoms with Gasteiger partial charge >= 0.3 is 0 Å². The first kappa shape index (κ1) is 15.2. The van der Waals surface area contributed by atoms with Gasteiger partial charge in [-0.05, 0) is 38.1 Å². The van der Waals surface area contributed by atoms with Gasteiger partial charge in [0.1, 0.15) is 0 Å². The predicted octanol–water partition coefficient (Wildman–Crippen LogP) is 2.95. The molecule has 3 heteroatoms. The maximum atomic E-state index is 12.6. The van der Waals surface area contributed by atoms with Crippen LogP contribution in [0.3, 0.4) is 0 Å². The zero-order chi connectivity index (χ0) is 13.0. The topological polar surface area (TPSA) is 29.1 Å². The number of hydrogen-bond acceptors (Lipinski definition) is 2. The molecule has 0 amide bonds. The van der Waals surface area contributed by atoms with Crippen molar-refractivity contribution >= 4 is 10.8 Å². The molecule has 0 spiro atoms. The number of nitrogens with one attached hydrogen (secondary N) is 1. The second-order valence-corrected chi connectivity index (χ2v) is 7.80. The van der Waals surface area contributed by atoms with Gasteiger partial charge in [-0.15, -0.1) is 0 Å². The summed E-state index contributed by atoms with van der Waals surface area (Å²) < 4.78 is 12.6. The summed E-state index contributed by atoms with van der Waals surface area (Å²) in [5, 5.41) is 4.05. The molecule has 5 unspecified atom stereocenters. The summed E-state index contributed by atoms with van der Waals surface area (Å²) in [4.78, 5) is 0. The van der Waals surface area contributed by atoms with E-state index in [4.69, 9.17) is 0 Å². The Balaban J connectivity index is 2.72. The van der Waals surface area contributed by atoms with Crippen LogP contribution in [0.2, 0.25) is 0 Å². The molecule has 5 atom stereocenters. The minimum atomic E-state index is -0.696. The Morgan fingerprint density at radius 1 is 1.29 bits per heavy atom. The molecule has 0 aromatic rings.